The van der Waals surface area contributed by atoms with Gasteiger partial charge in [-0.2, -0.15) is 0 Å². The summed E-state index contributed by atoms with van der Waals surface area (Å²) in [5.41, 5.74) is 1.15. The first-order chi connectivity index (χ1) is 6.42. The molecule has 13 heavy (non-hydrogen) atoms. The third kappa shape index (κ3) is 1.67. The number of thiophene rings is 2. The van der Waals surface area contributed by atoms with E-state index in [-0.39, 0.29) is 0 Å². The van der Waals surface area contributed by atoms with Crippen LogP contribution < -0.4 is 0 Å². The van der Waals surface area contributed by atoms with Crippen LogP contribution in [0.1, 0.15) is 12.5 Å². The smallest absolute Gasteiger partial charge is 0.0598 e. The van der Waals surface area contributed by atoms with Crippen LogP contribution in [0, 0.1) is 11.8 Å². The van der Waals surface area contributed by atoms with Crippen LogP contribution in [0.4, 0.5) is 0 Å². The van der Waals surface area contributed by atoms with Crippen molar-refractivity contribution in [3.63, 3.8) is 0 Å². The summed E-state index contributed by atoms with van der Waals surface area (Å²) in [5, 5.41) is 4.19. The molecular formula is C11H8S2. The second-order valence-corrected chi connectivity index (χ2v) is 4.38. The van der Waals surface area contributed by atoms with Gasteiger partial charge in [-0.1, -0.05) is 12.0 Å². The largest absolute Gasteiger partial charge is 0.143 e. The molecule has 0 saturated carbocycles. The summed E-state index contributed by atoms with van der Waals surface area (Å²) in [6.45, 7) is 1.87. The van der Waals surface area contributed by atoms with Gasteiger partial charge in [0.15, 0.2) is 0 Å². The lowest BCUT2D eigenvalue weighted by Gasteiger charge is -1.91. The lowest BCUT2D eigenvalue weighted by Crippen LogP contribution is -1.70. The molecule has 2 aromatic rings. The van der Waals surface area contributed by atoms with Crippen molar-refractivity contribution in [3.8, 4) is 21.6 Å². The van der Waals surface area contributed by atoms with Crippen molar-refractivity contribution >= 4 is 22.7 Å². The van der Waals surface area contributed by atoms with E-state index < -0.39 is 0 Å². The van der Waals surface area contributed by atoms with E-state index in [1.165, 1.54) is 9.75 Å². The van der Waals surface area contributed by atoms with Crippen LogP contribution in [0.15, 0.2) is 29.0 Å². The molecule has 2 rings (SSSR count). The van der Waals surface area contributed by atoms with Gasteiger partial charge in [-0.05, 0) is 29.8 Å². The summed E-state index contributed by atoms with van der Waals surface area (Å²) in [4.78, 5) is 2.61. The maximum absolute atomic E-state index is 3.11. The van der Waals surface area contributed by atoms with E-state index in [4.69, 9.17) is 0 Å². The Morgan fingerprint density at radius 3 is 2.77 bits per heavy atom. The molecule has 0 aliphatic rings. The maximum Gasteiger partial charge on any atom is 0.0598 e. The van der Waals surface area contributed by atoms with E-state index in [2.05, 4.69) is 40.8 Å². The predicted octanol–water partition coefficient (Wildman–Crippen LogP) is 3.85. The summed E-state index contributed by atoms with van der Waals surface area (Å²) in [7, 11) is 0. The van der Waals surface area contributed by atoms with Gasteiger partial charge in [0.1, 0.15) is 0 Å². The van der Waals surface area contributed by atoms with Gasteiger partial charge in [0.2, 0.25) is 0 Å². The van der Waals surface area contributed by atoms with E-state index in [9.17, 15) is 0 Å². The summed E-state index contributed by atoms with van der Waals surface area (Å²) < 4.78 is 0. The first kappa shape index (κ1) is 8.55. The minimum atomic E-state index is 1.15. The van der Waals surface area contributed by atoms with Crippen LogP contribution in [0.25, 0.3) is 9.75 Å². The zero-order valence-corrected chi connectivity index (χ0v) is 8.84. The average Bonchev–Trinajstić information content (AvgIpc) is 2.71. The van der Waals surface area contributed by atoms with E-state index >= 15 is 0 Å². The minimum absolute atomic E-state index is 1.15. The van der Waals surface area contributed by atoms with Gasteiger partial charge < -0.3 is 0 Å². The highest BCUT2D eigenvalue weighted by Crippen LogP contribution is 2.32. The second kappa shape index (κ2) is 3.78. The SMILES string of the molecule is CC#Cc1ccsc1-c1cccs1. The molecule has 0 aliphatic carbocycles. The highest BCUT2D eigenvalue weighted by Gasteiger charge is 2.04. The van der Waals surface area contributed by atoms with Crippen molar-refractivity contribution in [3.05, 3.63) is 34.5 Å². The monoisotopic (exact) mass is 204 g/mol. The second-order valence-electron chi connectivity index (χ2n) is 2.52. The van der Waals surface area contributed by atoms with Gasteiger partial charge in [0, 0.05) is 10.4 Å². The lowest BCUT2D eigenvalue weighted by atomic mass is 10.2. The average molecular weight is 204 g/mol. The Hall–Kier alpha value is -1.04. The van der Waals surface area contributed by atoms with E-state index in [0.717, 1.165) is 5.56 Å². The lowest BCUT2D eigenvalue weighted by molar-refractivity contribution is 1.80. The standard InChI is InChI=1S/C11H8S2/c1-2-4-9-6-8-13-11(9)10-5-3-7-12-10/h3,5-8H,1H3. The maximum atomic E-state index is 3.11. The Kier molecular flexibility index (Phi) is 2.49. The topological polar surface area (TPSA) is 0 Å². The molecule has 2 aromatic heterocycles. The first-order valence-electron chi connectivity index (χ1n) is 3.96. The van der Waals surface area contributed by atoms with Crippen molar-refractivity contribution < 1.29 is 0 Å². The number of hydrogen-bond acceptors (Lipinski definition) is 2. The Morgan fingerprint density at radius 2 is 2.08 bits per heavy atom. The Balaban J connectivity index is 2.50. The van der Waals surface area contributed by atoms with Crippen LogP contribution in [-0.2, 0) is 0 Å². The van der Waals surface area contributed by atoms with Crippen molar-refractivity contribution in [2.24, 2.45) is 0 Å². The highest BCUT2D eigenvalue weighted by atomic mass is 32.1. The Labute approximate surface area is 85.9 Å². The van der Waals surface area contributed by atoms with Crippen molar-refractivity contribution in [1.29, 1.82) is 0 Å². The molecule has 0 N–H and O–H groups in total. The van der Waals surface area contributed by atoms with Crippen LogP contribution in [0.2, 0.25) is 0 Å². The molecule has 0 atom stereocenters. The normalized spacial score (nSPS) is 9.31. The molecule has 64 valence electrons. The number of hydrogen-bond donors (Lipinski definition) is 0. The van der Waals surface area contributed by atoms with Gasteiger partial charge in [-0.15, -0.1) is 28.6 Å². The predicted molar refractivity (Wildman–Crippen MR) is 60.2 cm³/mol. The van der Waals surface area contributed by atoms with Crippen LogP contribution in [0.3, 0.4) is 0 Å². The van der Waals surface area contributed by atoms with E-state index in [1.54, 1.807) is 22.7 Å². The van der Waals surface area contributed by atoms with Gasteiger partial charge in [-0.3, -0.25) is 0 Å². The molecule has 0 amide bonds. The summed E-state index contributed by atoms with van der Waals surface area (Å²) in [5.74, 6) is 6.05. The third-order valence-electron chi connectivity index (χ3n) is 1.67. The molecule has 2 heterocycles. The molecule has 0 bridgehead atoms. The molecular weight excluding hydrogens is 196 g/mol. The van der Waals surface area contributed by atoms with Crippen molar-refractivity contribution in [2.45, 2.75) is 6.92 Å². The van der Waals surface area contributed by atoms with Gasteiger partial charge >= 0.3 is 0 Å². The molecule has 0 radical (unpaired) electrons. The molecule has 0 unspecified atom stereocenters. The van der Waals surface area contributed by atoms with Gasteiger partial charge in [0.05, 0.1) is 4.88 Å². The summed E-state index contributed by atoms with van der Waals surface area (Å²) in [6.07, 6.45) is 0. The fourth-order valence-electron chi connectivity index (χ4n) is 1.14. The minimum Gasteiger partial charge on any atom is -0.143 e. The van der Waals surface area contributed by atoms with Gasteiger partial charge in [0.25, 0.3) is 0 Å². The van der Waals surface area contributed by atoms with Crippen LogP contribution >= 0.6 is 22.7 Å². The van der Waals surface area contributed by atoms with E-state index in [1.807, 2.05) is 6.92 Å². The van der Waals surface area contributed by atoms with Crippen LogP contribution in [0.5, 0.6) is 0 Å². The quantitative estimate of drug-likeness (QED) is 0.619. The number of rotatable bonds is 1. The van der Waals surface area contributed by atoms with E-state index in [0.29, 0.717) is 0 Å². The van der Waals surface area contributed by atoms with Crippen molar-refractivity contribution in [2.75, 3.05) is 0 Å². The summed E-state index contributed by atoms with van der Waals surface area (Å²) in [6, 6.07) is 6.29. The molecule has 0 fully saturated rings. The summed E-state index contributed by atoms with van der Waals surface area (Å²) >= 11 is 3.52. The molecule has 0 aromatic carbocycles. The zero-order valence-electron chi connectivity index (χ0n) is 7.20. The zero-order chi connectivity index (χ0) is 9.10. The Bertz CT molecular complexity index is 438. The highest BCUT2D eigenvalue weighted by molar-refractivity contribution is 7.20. The molecule has 2 heteroatoms. The Morgan fingerprint density at radius 1 is 1.15 bits per heavy atom. The fourth-order valence-corrected chi connectivity index (χ4v) is 2.88. The first-order valence-corrected chi connectivity index (χ1v) is 5.72. The molecule has 0 nitrogen and oxygen atoms in total. The molecule has 0 aliphatic heterocycles. The molecule has 0 saturated heterocycles. The van der Waals surface area contributed by atoms with Gasteiger partial charge in [-0.25, -0.2) is 0 Å². The van der Waals surface area contributed by atoms with Crippen molar-refractivity contribution in [1.82, 2.24) is 0 Å². The van der Waals surface area contributed by atoms with Crippen LogP contribution in [-0.4, -0.2) is 0 Å². The molecule has 0 spiro atoms. The fraction of sp³-hybridized carbons (Fsp3) is 0.0909. The third-order valence-corrected chi connectivity index (χ3v) is 3.63.